The molecule has 140 valence electrons. The molecule has 1 N–H and O–H groups in total. The van der Waals surface area contributed by atoms with Crippen LogP contribution in [0.2, 0.25) is 0 Å². The van der Waals surface area contributed by atoms with Gasteiger partial charge in [0.15, 0.2) is 6.79 Å². The van der Waals surface area contributed by atoms with Crippen LogP contribution >= 0.6 is 0 Å². The highest BCUT2D eigenvalue weighted by atomic mass is 16.7. The minimum atomic E-state index is -0.506. The average Bonchev–Trinajstić information content (AvgIpc) is 2.65. The van der Waals surface area contributed by atoms with Crippen LogP contribution in [-0.4, -0.2) is 44.9 Å². The van der Waals surface area contributed by atoms with E-state index in [1.54, 1.807) is 13.4 Å². The molecular formula is C20H30O5. The van der Waals surface area contributed by atoms with Gasteiger partial charge in [0.2, 0.25) is 0 Å². The summed E-state index contributed by atoms with van der Waals surface area (Å²) in [5.41, 5.74) is 2.27. The topological polar surface area (TPSA) is 57.2 Å². The molecule has 1 aromatic carbocycles. The number of aliphatic hydroxyl groups is 1. The number of methoxy groups -OCH3 is 1. The van der Waals surface area contributed by atoms with Crippen LogP contribution in [0.25, 0.3) is 0 Å². The lowest BCUT2D eigenvalue weighted by atomic mass is 9.81. The van der Waals surface area contributed by atoms with Crippen LogP contribution in [0.5, 0.6) is 0 Å². The monoisotopic (exact) mass is 350 g/mol. The second-order valence-corrected chi connectivity index (χ2v) is 6.30. The Morgan fingerprint density at radius 2 is 2.00 bits per heavy atom. The van der Waals surface area contributed by atoms with Gasteiger partial charge in [-0.3, -0.25) is 0 Å². The van der Waals surface area contributed by atoms with Crippen molar-refractivity contribution >= 4 is 0 Å². The smallest absolute Gasteiger partial charge is 0.188 e. The summed E-state index contributed by atoms with van der Waals surface area (Å²) in [5.74, 6) is 0.100. The third-order valence-corrected chi connectivity index (χ3v) is 4.39. The minimum Gasteiger partial charge on any atom is -0.475 e. The molecule has 0 radical (unpaired) electrons. The molecule has 1 aromatic rings. The Morgan fingerprint density at radius 1 is 1.16 bits per heavy atom. The summed E-state index contributed by atoms with van der Waals surface area (Å²) in [7, 11) is 1.64. The van der Waals surface area contributed by atoms with Gasteiger partial charge in [-0.25, -0.2) is 0 Å². The SMILES string of the molecule is COCCOCO/C=C1\CCCC[C@@H]1[C@H](O)COCc1ccccc1. The molecule has 0 unspecified atom stereocenters. The van der Waals surface area contributed by atoms with Gasteiger partial charge in [0.05, 0.1) is 38.8 Å². The van der Waals surface area contributed by atoms with E-state index in [9.17, 15) is 5.11 Å². The zero-order valence-corrected chi connectivity index (χ0v) is 15.1. The summed E-state index contributed by atoms with van der Waals surface area (Å²) in [4.78, 5) is 0. The highest BCUT2D eigenvalue weighted by Crippen LogP contribution is 2.32. The van der Waals surface area contributed by atoms with E-state index in [4.69, 9.17) is 18.9 Å². The summed E-state index contributed by atoms with van der Waals surface area (Å²) in [6, 6.07) is 10.0. The lowest BCUT2D eigenvalue weighted by Gasteiger charge is -2.29. The molecule has 5 heteroatoms. The fraction of sp³-hybridized carbons (Fsp3) is 0.600. The van der Waals surface area contributed by atoms with Crippen molar-refractivity contribution in [3.63, 3.8) is 0 Å². The number of rotatable bonds is 11. The van der Waals surface area contributed by atoms with Crippen LogP contribution in [0.3, 0.4) is 0 Å². The van der Waals surface area contributed by atoms with Crippen LogP contribution in [0.1, 0.15) is 31.2 Å². The van der Waals surface area contributed by atoms with E-state index in [0.717, 1.165) is 36.8 Å². The first-order chi connectivity index (χ1) is 12.3. The first-order valence-corrected chi connectivity index (χ1v) is 8.98. The van der Waals surface area contributed by atoms with Crippen LogP contribution in [-0.2, 0) is 25.6 Å². The Morgan fingerprint density at radius 3 is 2.80 bits per heavy atom. The lowest BCUT2D eigenvalue weighted by molar-refractivity contribution is -0.0331. The summed E-state index contributed by atoms with van der Waals surface area (Å²) >= 11 is 0. The van der Waals surface area contributed by atoms with E-state index in [-0.39, 0.29) is 12.7 Å². The van der Waals surface area contributed by atoms with Gasteiger partial charge in [-0.2, -0.15) is 0 Å². The Balaban J connectivity index is 1.74. The average molecular weight is 350 g/mol. The molecule has 1 aliphatic carbocycles. The van der Waals surface area contributed by atoms with E-state index in [2.05, 4.69) is 0 Å². The van der Waals surface area contributed by atoms with Gasteiger partial charge in [0.1, 0.15) is 0 Å². The van der Waals surface area contributed by atoms with Gasteiger partial charge >= 0.3 is 0 Å². The minimum absolute atomic E-state index is 0.100. The summed E-state index contributed by atoms with van der Waals surface area (Å²) < 4.78 is 21.4. The Bertz CT molecular complexity index is 488. The highest BCUT2D eigenvalue weighted by molar-refractivity contribution is 5.13. The van der Waals surface area contributed by atoms with Gasteiger partial charge in [-0.1, -0.05) is 36.8 Å². The fourth-order valence-corrected chi connectivity index (χ4v) is 3.03. The Labute approximate surface area is 150 Å². The van der Waals surface area contributed by atoms with Crippen molar-refractivity contribution in [3.8, 4) is 0 Å². The number of hydrogen-bond acceptors (Lipinski definition) is 5. The van der Waals surface area contributed by atoms with E-state index in [1.807, 2.05) is 30.3 Å². The van der Waals surface area contributed by atoms with Crippen molar-refractivity contribution < 1.29 is 24.1 Å². The first-order valence-electron chi connectivity index (χ1n) is 8.98. The van der Waals surface area contributed by atoms with Crippen LogP contribution in [0, 0.1) is 5.92 Å². The van der Waals surface area contributed by atoms with Crippen LogP contribution in [0.15, 0.2) is 42.2 Å². The van der Waals surface area contributed by atoms with Gasteiger partial charge in [-0.15, -0.1) is 0 Å². The molecule has 2 rings (SSSR count). The van der Waals surface area contributed by atoms with Crippen molar-refractivity contribution in [2.24, 2.45) is 5.92 Å². The molecule has 0 aliphatic heterocycles. The van der Waals surface area contributed by atoms with Gasteiger partial charge in [-0.05, 0) is 30.4 Å². The predicted octanol–water partition coefficient (Wildman–Crippen LogP) is 3.28. The molecule has 1 fully saturated rings. The normalized spacial score (nSPS) is 20.6. The first kappa shape index (κ1) is 19.9. The number of benzene rings is 1. The van der Waals surface area contributed by atoms with Crippen molar-refractivity contribution in [2.45, 2.75) is 38.4 Å². The predicted molar refractivity (Wildman–Crippen MR) is 95.9 cm³/mol. The van der Waals surface area contributed by atoms with E-state index in [0.29, 0.717) is 26.4 Å². The molecule has 0 amide bonds. The quantitative estimate of drug-likeness (QED) is 0.377. The molecule has 0 heterocycles. The lowest BCUT2D eigenvalue weighted by Crippen LogP contribution is -2.29. The second-order valence-electron chi connectivity index (χ2n) is 6.30. The van der Waals surface area contributed by atoms with Crippen molar-refractivity contribution in [3.05, 3.63) is 47.7 Å². The molecule has 5 nitrogen and oxygen atoms in total. The third-order valence-electron chi connectivity index (χ3n) is 4.39. The molecule has 1 saturated carbocycles. The maximum absolute atomic E-state index is 10.5. The summed E-state index contributed by atoms with van der Waals surface area (Å²) in [6.07, 6.45) is 5.44. The van der Waals surface area contributed by atoms with Crippen LogP contribution in [0.4, 0.5) is 0 Å². The number of ether oxygens (including phenoxy) is 4. The molecular weight excluding hydrogens is 320 g/mol. The van der Waals surface area contributed by atoms with Gasteiger partial charge in [0.25, 0.3) is 0 Å². The molecule has 0 aromatic heterocycles. The molecule has 1 aliphatic rings. The molecule has 0 bridgehead atoms. The fourth-order valence-electron chi connectivity index (χ4n) is 3.03. The summed E-state index contributed by atoms with van der Waals surface area (Å²) in [5, 5.41) is 10.5. The van der Waals surface area contributed by atoms with E-state index in [1.165, 1.54) is 0 Å². The Hall–Kier alpha value is -1.40. The summed E-state index contributed by atoms with van der Waals surface area (Å²) in [6.45, 7) is 2.13. The van der Waals surface area contributed by atoms with Crippen molar-refractivity contribution in [1.82, 2.24) is 0 Å². The largest absolute Gasteiger partial charge is 0.475 e. The Kier molecular flexibility index (Phi) is 9.59. The number of hydrogen-bond donors (Lipinski definition) is 1. The van der Waals surface area contributed by atoms with Crippen molar-refractivity contribution in [1.29, 1.82) is 0 Å². The van der Waals surface area contributed by atoms with Gasteiger partial charge in [0, 0.05) is 13.0 Å². The van der Waals surface area contributed by atoms with Crippen LogP contribution < -0.4 is 0 Å². The number of aliphatic hydroxyl groups excluding tert-OH is 1. The molecule has 25 heavy (non-hydrogen) atoms. The molecule has 0 saturated heterocycles. The standard InChI is InChI=1S/C20H30O5/c1-22-11-12-23-16-25-14-18-9-5-6-10-19(18)20(21)15-24-13-17-7-3-2-4-8-17/h2-4,7-8,14,19-21H,5-6,9-13,15-16H2,1H3/b18-14+/t19-,20+/m0/s1. The highest BCUT2D eigenvalue weighted by Gasteiger charge is 2.26. The van der Waals surface area contributed by atoms with E-state index < -0.39 is 6.10 Å². The zero-order chi connectivity index (χ0) is 17.7. The van der Waals surface area contributed by atoms with Crippen molar-refractivity contribution in [2.75, 3.05) is 33.7 Å². The molecule has 2 atom stereocenters. The van der Waals surface area contributed by atoms with Gasteiger partial charge < -0.3 is 24.1 Å². The zero-order valence-electron chi connectivity index (χ0n) is 15.1. The third kappa shape index (κ3) is 7.57. The maximum atomic E-state index is 10.5. The second kappa shape index (κ2) is 12.0. The van der Waals surface area contributed by atoms with E-state index >= 15 is 0 Å². The maximum Gasteiger partial charge on any atom is 0.188 e. The molecule has 0 spiro atoms.